The molecule has 0 bridgehead atoms. The minimum Gasteiger partial charge on any atom is -0.345 e. The van der Waals surface area contributed by atoms with Crippen LogP contribution in [0.25, 0.3) is 0 Å². The van der Waals surface area contributed by atoms with Crippen LogP contribution in [0.3, 0.4) is 0 Å². The van der Waals surface area contributed by atoms with Gasteiger partial charge in [-0.15, -0.1) is 0 Å². The molecule has 0 N–H and O–H groups in total. The summed E-state index contributed by atoms with van der Waals surface area (Å²) >= 11 is 12.8. The summed E-state index contributed by atoms with van der Waals surface area (Å²) in [7, 11) is 2.03. The highest BCUT2D eigenvalue weighted by molar-refractivity contribution is 6.36. The highest BCUT2D eigenvalue weighted by Gasteiger charge is 2.14. The maximum atomic E-state index is 6.42. The van der Waals surface area contributed by atoms with Crippen molar-refractivity contribution < 1.29 is 0 Å². The van der Waals surface area contributed by atoms with Crippen molar-refractivity contribution >= 4 is 34.6 Å². The fourth-order valence-electron chi connectivity index (χ4n) is 2.55. The molecule has 2 aromatic rings. The molecular formula is C19H23Cl2N. The van der Waals surface area contributed by atoms with E-state index < -0.39 is 0 Å². The van der Waals surface area contributed by atoms with Crippen LogP contribution in [-0.4, -0.2) is 7.05 Å². The average molecular weight is 336 g/mol. The molecule has 1 nitrogen and oxygen atoms in total. The largest absolute Gasteiger partial charge is 0.345 e. The van der Waals surface area contributed by atoms with Crippen LogP contribution < -0.4 is 4.90 Å². The monoisotopic (exact) mass is 335 g/mol. The molecule has 0 saturated heterocycles. The van der Waals surface area contributed by atoms with Crippen LogP contribution in [0, 0.1) is 0 Å². The molecule has 0 spiro atoms. The molecule has 0 aromatic heterocycles. The fraction of sp³-hybridized carbons (Fsp3) is 0.368. The summed E-state index contributed by atoms with van der Waals surface area (Å²) in [6.45, 7) is 8.59. The second kappa shape index (κ2) is 6.93. The molecule has 118 valence electrons. The normalized spacial score (nSPS) is 11.3. The molecule has 0 unspecified atom stereocenters. The number of nitrogens with zero attached hydrogens (tertiary/aromatic N) is 1. The first-order chi connectivity index (χ1) is 10.3. The molecule has 0 aliphatic heterocycles. The van der Waals surface area contributed by atoms with Crippen molar-refractivity contribution in [3.63, 3.8) is 0 Å². The number of hydrogen-bond donors (Lipinski definition) is 0. The summed E-state index contributed by atoms with van der Waals surface area (Å²) in [5.41, 5.74) is 4.46. The topological polar surface area (TPSA) is 3.24 Å². The van der Waals surface area contributed by atoms with Crippen LogP contribution in [0.5, 0.6) is 0 Å². The summed E-state index contributed by atoms with van der Waals surface area (Å²) in [5, 5.41) is 1.45. The molecule has 0 saturated carbocycles. The molecule has 0 aliphatic carbocycles. The van der Waals surface area contributed by atoms with Gasteiger partial charge in [-0.25, -0.2) is 0 Å². The van der Waals surface area contributed by atoms with Gasteiger partial charge in [-0.3, -0.25) is 0 Å². The lowest BCUT2D eigenvalue weighted by molar-refractivity contribution is 0.866. The third-order valence-electron chi connectivity index (χ3n) is 3.98. The lowest BCUT2D eigenvalue weighted by Crippen LogP contribution is -2.10. The molecule has 0 amide bonds. The zero-order valence-corrected chi connectivity index (χ0v) is 15.3. The highest BCUT2D eigenvalue weighted by Crippen LogP contribution is 2.37. The molecule has 3 heteroatoms. The Morgan fingerprint density at radius 2 is 1.27 bits per heavy atom. The Hall–Kier alpha value is -1.18. The van der Waals surface area contributed by atoms with E-state index in [0.717, 1.165) is 27.0 Å². The Morgan fingerprint density at radius 3 is 1.68 bits per heavy atom. The van der Waals surface area contributed by atoms with E-state index in [0.29, 0.717) is 11.8 Å². The minimum atomic E-state index is 0.310. The molecule has 0 heterocycles. The van der Waals surface area contributed by atoms with E-state index in [1.807, 2.05) is 19.2 Å². The van der Waals surface area contributed by atoms with E-state index >= 15 is 0 Å². The van der Waals surface area contributed by atoms with E-state index in [4.69, 9.17) is 23.2 Å². The van der Waals surface area contributed by atoms with Crippen molar-refractivity contribution in [2.75, 3.05) is 11.9 Å². The summed E-state index contributed by atoms with van der Waals surface area (Å²) in [5.74, 6) is 0.846. The third kappa shape index (κ3) is 3.59. The van der Waals surface area contributed by atoms with Gasteiger partial charge in [0.25, 0.3) is 0 Å². The Morgan fingerprint density at radius 1 is 0.773 bits per heavy atom. The second-order valence-electron chi connectivity index (χ2n) is 6.28. The van der Waals surface area contributed by atoms with Crippen LogP contribution in [0.15, 0.2) is 36.4 Å². The van der Waals surface area contributed by atoms with Crippen molar-refractivity contribution in [1.82, 2.24) is 0 Å². The maximum absolute atomic E-state index is 6.42. The van der Waals surface area contributed by atoms with Gasteiger partial charge in [-0.1, -0.05) is 63.0 Å². The number of benzene rings is 2. The lowest BCUT2D eigenvalue weighted by atomic mass is 10.0. The summed E-state index contributed by atoms with van der Waals surface area (Å²) in [4.78, 5) is 2.10. The van der Waals surface area contributed by atoms with Crippen molar-refractivity contribution in [2.24, 2.45) is 0 Å². The maximum Gasteiger partial charge on any atom is 0.0476 e. The molecule has 0 atom stereocenters. The SMILES string of the molecule is CC(C)c1ccc(N(C)c2cc(Cl)c(C(C)C)c(Cl)c2)cc1. The van der Waals surface area contributed by atoms with Gasteiger partial charge in [0.1, 0.15) is 0 Å². The Balaban J connectivity index is 2.35. The van der Waals surface area contributed by atoms with Gasteiger partial charge in [0.15, 0.2) is 0 Å². The predicted molar refractivity (Wildman–Crippen MR) is 99.1 cm³/mol. The van der Waals surface area contributed by atoms with Crippen molar-refractivity contribution in [2.45, 2.75) is 39.5 Å². The van der Waals surface area contributed by atoms with Crippen LogP contribution in [0.2, 0.25) is 10.0 Å². The van der Waals surface area contributed by atoms with E-state index in [2.05, 4.69) is 56.9 Å². The zero-order chi connectivity index (χ0) is 16.4. The Labute approximate surface area is 143 Å². The molecule has 2 rings (SSSR count). The lowest BCUT2D eigenvalue weighted by Gasteiger charge is -2.22. The molecular weight excluding hydrogens is 313 g/mol. The van der Waals surface area contributed by atoms with E-state index in [-0.39, 0.29) is 0 Å². The average Bonchev–Trinajstić information content (AvgIpc) is 2.45. The smallest absolute Gasteiger partial charge is 0.0476 e. The highest BCUT2D eigenvalue weighted by atomic mass is 35.5. The van der Waals surface area contributed by atoms with Gasteiger partial charge in [0.05, 0.1) is 0 Å². The summed E-state index contributed by atoms with van der Waals surface area (Å²) < 4.78 is 0. The Kier molecular flexibility index (Phi) is 5.41. The Bertz CT molecular complexity index is 622. The van der Waals surface area contributed by atoms with Gasteiger partial charge >= 0.3 is 0 Å². The third-order valence-corrected chi connectivity index (χ3v) is 4.60. The van der Waals surface area contributed by atoms with E-state index in [1.54, 1.807) is 0 Å². The van der Waals surface area contributed by atoms with E-state index in [9.17, 15) is 0 Å². The number of halogens is 2. The first-order valence-electron chi connectivity index (χ1n) is 7.64. The van der Waals surface area contributed by atoms with Gasteiger partial charge in [0.2, 0.25) is 0 Å². The molecule has 0 radical (unpaired) electrons. The van der Waals surface area contributed by atoms with Crippen molar-refractivity contribution in [1.29, 1.82) is 0 Å². The van der Waals surface area contributed by atoms with Crippen molar-refractivity contribution in [3.05, 3.63) is 57.6 Å². The van der Waals surface area contributed by atoms with Crippen LogP contribution >= 0.6 is 23.2 Å². The molecule has 0 aliphatic rings. The molecule has 22 heavy (non-hydrogen) atoms. The van der Waals surface area contributed by atoms with Gasteiger partial charge in [-0.2, -0.15) is 0 Å². The predicted octanol–water partition coefficient (Wildman–Crippen LogP) is 7.01. The van der Waals surface area contributed by atoms with Gasteiger partial charge in [-0.05, 0) is 47.2 Å². The summed E-state index contributed by atoms with van der Waals surface area (Å²) in [6, 6.07) is 12.6. The zero-order valence-electron chi connectivity index (χ0n) is 13.8. The molecule has 2 aromatic carbocycles. The standard InChI is InChI=1S/C19H23Cl2N/c1-12(2)14-6-8-15(9-7-14)22(5)16-10-17(20)19(13(3)4)18(21)11-16/h6-13H,1-5H3. The van der Waals surface area contributed by atoms with Crippen LogP contribution in [0.4, 0.5) is 11.4 Å². The minimum absolute atomic E-state index is 0.310. The van der Waals surface area contributed by atoms with Gasteiger partial charge in [0, 0.05) is 28.5 Å². The first kappa shape index (κ1) is 17.2. The van der Waals surface area contributed by atoms with Gasteiger partial charge < -0.3 is 4.90 Å². The quantitative estimate of drug-likeness (QED) is 0.580. The van der Waals surface area contributed by atoms with Crippen LogP contribution in [-0.2, 0) is 0 Å². The number of rotatable bonds is 4. The van der Waals surface area contributed by atoms with Crippen LogP contribution in [0.1, 0.15) is 50.7 Å². The second-order valence-corrected chi connectivity index (χ2v) is 7.10. The fourth-order valence-corrected chi connectivity index (χ4v) is 3.46. The first-order valence-corrected chi connectivity index (χ1v) is 8.39. The number of anilines is 2. The van der Waals surface area contributed by atoms with Crippen molar-refractivity contribution in [3.8, 4) is 0 Å². The summed E-state index contributed by atoms with van der Waals surface area (Å²) in [6.07, 6.45) is 0. The number of hydrogen-bond acceptors (Lipinski definition) is 1. The van der Waals surface area contributed by atoms with E-state index in [1.165, 1.54) is 5.56 Å². The molecule has 0 fully saturated rings.